The summed E-state index contributed by atoms with van der Waals surface area (Å²) in [5.74, 6) is 0.272. The van der Waals surface area contributed by atoms with Gasteiger partial charge in [-0.05, 0) is 24.1 Å². The van der Waals surface area contributed by atoms with Gasteiger partial charge in [0.25, 0.3) is 0 Å². The minimum atomic E-state index is -0.384. The van der Waals surface area contributed by atoms with Gasteiger partial charge in [-0.1, -0.05) is 37.7 Å². The number of carbonyl (C=O) groups is 1. The molecule has 1 unspecified atom stereocenters. The summed E-state index contributed by atoms with van der Waals surface area (Å²) < 4.78 is 5.13. The minimum Gasteiger partial charge on any atom is -0.497 e. The largest absolute Gasteiger partial charge is 0.497 e. The molecule has 0 aromatic heterocycles. The summed E-state index contributed by atoms with van der Waals surface area (Å²) in [6.07, 6.45) is 1.55. The van der Waals surface area contributed by atoms with Crippen molar-refractivity contribution in [2.75, 3.05) is 7.11 Å². The average Bonchev–Trinajstić information content (AvgIpc) is 2.42. The van der Waals surface area contributed by atoms with E-state index in [1.54, 1.807) is 7.11 Å². The molecular weight excluding hydrogens is 260 g/mol. The van der Waals surface area contributed by atoms with E-state index < -0.39 is 0 Å². The zero-order chi connectivity index (χ0) is 14.3. The summed E-state index contributed by atoms with van der Waals surface area (Å²) in [5.41, 5.74) is 6.57. The number of nitrogens with two attached hydrogens (primary N) is 1. The quantitative estimate of drug-likeness (QED) is 0.750. The number of hydrogen-bond acceptors (Lipinski definition) is 3. The molecule has 0 aliphatic carbocycles. The highest BCUT2D eigenvalue weighted by Gasteiger charge is 2.19. The maximum absolute atomic E-state index is 12.0. The lowest BCUT2D eigenvalue weighted by molar-refractivity contribution is -0.123. The molecule has 0 spiro atoms. The van der Waals surface area contributed by atoms with Crippen molar-refractivity contribution in [3.8, 4) is 5.75 Å². The highest BCUT2D eigenvalue weighted by molar-refractivity contribution is 7.80. The highest BCUT2D eigenvalue weighted by atomic mass is 32.1. The smallest absolute Gasteiger partial charge is 0.230 e. The molecule has 1 amide bonds. The maximum atomic E-state index is 12.0. The van der Waals surface area contributed by atoms with Crippen LogP contribution >= 0.6 is 12.2 Å². The van der Waals surface area contributed by atoms with Gasteiger partial charge < -0.3 is 15.8 Å². The molecule has 0 saturated heterocycles. The number of ether oxygens (including phenoxy) is 1. The third-order valence-electron chi connectivity index (χ3n) is 2.84. The Morgan fingerprint density at radius 2 is 2.26 bits per heavy atom. The summed E-state index contributed by atoms with van der Waals surface area (Å²) in [5, 5.41) is 2.85. The second kappa shape index (κ2) is 7.74. The number of rotatable bonds is 7. The van der Waals surface area contributed by atoms with Crippen LogP contribution < -0.4 is 15.8 Å². The third kappa shape index (κ3) is 4.87. The molecule has 5 heteroatoms. The summed E-state index contributed by atoms with van der Waals surface area (Å²) in [4.78, 5) is 12.2. The lowest BCUT2D eigenvalue weighted by atomic mass is 10.0. The molecule has 0 radical (unpaired) electrons. The van der Waals surface area contributed by atoms with Gasteiger partial charge in [0.1, 0.15) is 5.75 Å². The topological polar surface area (TPSA) is 64.3 Å². The average molecular weight is 280 g/mol. The van der Waals surface area contributed by atoms with Crippen molar-refractivity contribution in [2.24, 2.45) is 11.7 Å². The zero-order valence-electron chi connectivity index (χ0n) is 11.3. The highest BCUT2D eigenvalue weighted by Crippen LogP contribution is 2.13. The fourth-order valence-corrected chi connectivity index (χ4v) is 2.01. The monoisotopic (exact) mass is 280 g/mol. The molecular formula is C14H20N2O2S. The molecule has 104 valence electrons. The fourth-order valence-electron chi connectivity index (χ4n) is 1.79. The summed E-state index contributed by atoms with van der Waals surface area (Å²) >= 11 is 4.93. The number of hydrogen-bond donors (Lipinski definition) is 2. The van der Waals surface area contributed by atoms with E-state index in [1.165, 1.54) is 0 Å². The normalized spacial score (nSPS) is 11.7. The van der Waals surface area contributed by atoms with Crippen molar-refractivity contribution < 1.29 is 9.53 Å². The van der Waals surface area contributed by atoms with E-state index in [-0.39, 0.29) is 16.8 Å². The maximum Gasteiger partial charge on any atom is 0.230 e. The van der Waals surface area contributed by atoms with Crippen LogP contribution in [0.4, 0.5) is 0 Å². The van der Waals surface area contributed by atoms with Crippen LogP contribution in [0.2, 0.25) is 0 Å². The van der Waals surface area contributed by atoms with Crippen molar-refractivity contribution >= 4 is 23.1 Å². The van der Waals surface area contributed by atoms with Gasteiger partial charge in [0.05, 0.1) is 18.0 Å². The Kier molecular flexibility index (Phi) is 6.29. The Hall–Kier alpha value is -1.62. The van der Waals surface area contributed by atoms with E-state index in [2.05, 4.69) is 5.32 Å². The first kappa shape index (κ1) is 15.4. The Balaban J connectivity index is 2.59. The van der Waals surface area contributed by atoms with E-state index in [1.807, 2.05) is 31.2 Å². The fraction of sp³-hybridized carbons (Fsp3) is 0.429. The van der Waals surface area contributed by atoms with Gasteiger partial charge in [0, 0.05) is 6.54 Å². The van der Waals surface area contributed by atoms with Crippen molar-refractivity contribution in [3.05, 3.63) is 29.8 Å². The predicted molar refractivity (Wildman–Crippen MR) is 80.0 cm³/mol. The molecule has 0 saturated carbocycles. The molecule has 0 fully saturated rings. The van der Waals surface area contributed by atoms with Gasteiger partial charge >= 0.3 is 0 Å². The lowest BCUT2D eigenvalue weighted by Crippen LogP contribution is -2.37. The van der Waals surface area contributed by atoms with Crippen molar-refractivity contribution in [1.29, 1.82) is 0 Å². The predicted octanol–water partition coefficient (Wildman–Crippen LogP) is 2.01. The number of amides is 1. The van der Waals surface area contributed by atoms with E-state index in [0.717, 1.165) is 17.7 Å². The Bertz CT molecular complexity index is 449. The van der Waals surface area contributed by atoms with Gasteiger partial charge in [-0.2, -0.15) is 0 Å². The van der Waals surface area contributed by atoms with Gasteiger partial charge in [-0.15, -0.1) is 0 Å². The summed E-state index contributed by atoms with van der Waals surface area (Å²) in [6, 6.07) is 7.56. The first-order valence-corrected chi connectivity index (χ1v) is 6.69. The molecule has 3 N–H and O–H groups in total. The first-order valence-electron chi connectivity index (χ1n) is 6.28. The molecule has 0 heterocycles. The van der Waals surface area contributed by atoms with Crippen LogP contribution in [0.3, 0.4) is 0 Å². The van der Waals surface area contributed by atoms with Crippen molar-refractivity contribution in [3.63, 3.8) is 0 Å². The van der Waals surface area contributed by atoms with Crippen LogP contribution in [0.5, 0.6) is 5.75 Å². The van der Waals surface area contributed by atoms with Crippen LogP contribution in [-0.4, -0.2) is 18.0 Å². The van der Waals surface area contributed by atoms with Crippen LogP contribution in [0.25, 0.3) is 0 Å². The van der Waals surface area contributed by atoms with Crippen LogP contribution in [0, 0.1) is 5.92 Å². The Morgan fingerprint density at radius 1 is 1.53 bits per heavy atom. The number of carbonyl (C=O) groups excluding carboxylic acids is 1. The molecule has 0 aliphatic rings. The number of thiocarbonyl (C=S) groups is 1. The van der Waals surface area contributed by atoms with E-state index >= 15 is 0 Å². The van der Waals surface area contributed by atoms with Gasteiger partial charge in [0.2, 0.25) is 5.91 Å². The first-order chi connectivity index (χ1) is 9.08. The van der Waals surface area contributed by atoms with Crippen molar-refractivity contribution in [2.45, 2.75) is 26.3 Å². The molecule has 4 nitrogen and oxygen atoms in total. The molecule has 0 bridgehead atoms. The standard InChI is InChI=1S/C14H20N2O2S/c1-3-5-12(13(15)19)14(17)16-9-10-6-4-7-11(8-10)18-2/h4,6-8,12H,3,5,9H2,1-2H3,(H2,15,19)(H,16,17). The minimum absolute atomic E-state index is 0.114. The summed E-state index contributed by atoms with van der Waals surface area (Å²) in [7, 11) is 1.61. The number of nitrogens with one attached hydrogen (secondary N) is 1. The van der Waals surface area contributed by atoms with Crippen LogP contribution in [0.1, 0.15) is 25.3 Å². The van der Waals surface area contributed by atoms with Gasteiger partial charge in [-0.25, -0.2) is 0 Å². The molecule has 1 aromatic carbocycles. The number of methoxy groups -OCH3 is 1. The van der Waals surface area contributed by atoms with Crippen LogP contribution in [-0.2, 0) is 11.3 Å². The Labute approximate surface area is 119 Å². The Morgan fingerprint density at radius 3 is 2.84 bits per heavy atom. The van der Waals surface area contributed by atoms with Crippen LogP contribution in [0.15, 0.2) is 24.3 Å². The zero-order valence-corrected chi connectivity index (χ0v) is 12.1. The second-order valence-electron chi connectivity index (χ2n) is 4.31. The van der Waals surface area contributed by atoms with Gasteiger partial charge in [0.15, 0.2) is 0 Å². The second-order valence-corrected chi connectivity index (χ2v) is 4.78. The summed E-state index contributed by atoms with van der Waals surface area (Å²) in [6.45, 7) is 2.44. The molecule has 1 rings (SSSR count). The van der Waals surface area contributed by atoms with E-state index in [9.17, 15) is 4.79 Å². The van der Waals surface area contributed by atoms with E-state index in [4.69, 9.17) is 22.7 Å². The van der Waals surface area contributed by atoms with Gasteiger partial charge in [-0.3, -0.25) is 4.79 Å². The molecule has 1 aromatic rings. The van der Waals surface area contributed by atoms with E-state index in [0.29, 0.717) is 13.0 Å². The number of benzene rings is 1. The SMILES string of the molecule is CCCC(C(=O)NCc1cccc(OC)c1)C(N)=S. The molecule has 0 aliphatic heterocycles. The third-order valence-corrected chi connectivity index (χ3v) is 3.12. The molecule has 1 atom stereocenters. The van der Waals surface area contributed by atoms with Crippen molar-refractivity contribution in [1.82, 2.24) is 5.32 Å². The molecule has 19 heavy (non-hydrogen) atoms. The lowest BCUT2D eigenvalue weighted by Gasteiger charge is -2.14.